The van der Waals surface area contributed by atoms with Crippen LogP contribution in [0.2, 0.25) is 0 Å². The Kier molecular flexibility index (Phi) is 4.77. The number of likely N-dealkylation sites (tertiary alicyclic amines) is 1. The van der Waals surface area contributed by atoms with Gasteiger partial charge < -0.3 is 14.4 Å². The number of hydrogen-bond acceptors (Lipinski definition) is 6. The Labute approximate surface area is 141 Å². The van der Waals surface area contributed by atoms with Gasteiger partial charge in [0.15, 0.2) is 0 Å². The topological polar surface area (TPSA) is 72.7 Å². The van der Waals surface area contributed by atoms with Gasteiger partial charge in [-0.15, -0.1) is 5.10 Å². The molecular weight excluding hydrogens is 310 g/mol. The van der Waals surface area contributed by atoms with Crippen LogP contribution in [0.4, 0.5) is 0 Å². The highest BCUT2D eigenvalue weighted by molar-refractivity contribution is 5.76. The van der Waals surface area contributed by atoms with Crippen LogP contribution in [0.15, 0.2) is 6.20 Å². The minimum atomic E-state index is 0.105. The van der Waals surface area contributed by atoms with Crippen LogP contribution >= 0.6 is 0 Å². The van der Waals surface area contributed by atoms with Crippen LogP contribution < -0.4 is 0 Å². The second-order valence-electron chi connectivity index (χ2n) is 6.77. The van der Waals surface area contributed by atoms with Crippen LogP contribution in [-0.2, 0) is 20.9 Å². The van der Waals surface area contributed by atoms with Crippen molar-refractivity contribution in [2.45, 2.75) is 38.0 Å². The molecule has 3 aliphatic heterocycles. The molecule has 1 amide bonds. The zero-order chi connectivity index (χ0) is 16.4. The van der Waals surface area contributed by atoms with E-state index in [4.69, 9.17) is 9.47 Å². The van der Waals surface area contributed by atoms with Gasteiger partial charge in [-0.3, -0.25) is 9.69 Å². The maximum Gasteiger partial charge on any atom is 0.222 e. The predicted octanol–water partition coefficient (Wildman–Crippen LogP) is 0.0627. The normalized spacial score (nSPS) is 27.6. The molecule has 8 heteroatoms. The molecule has 3 aliphatic rings. The lowest BCUT2D eigenvalue weighted by atomic mass is 10.00. The monoisotopic (exact) mass is 335 g/mol. The lowest BCUT2D eigenvalue weighted by Gasteiger charge is -2.41. The summed E-state index contributed by atoms with van der Waals surface area (Å²) in [4.78, 5) is 16.9. The maximum atomic E-state index is 12.6. The van der Waals surface area contributed by atoms with Crippen molar-refractivity contribution in [3.63, 3.8) is 0 Å². The van der Waals surface area contributed by atoms with E-state index in [-0.39, 0.29) is 18.1 Å². The average molecular weight is 335 g/mol. The van der Waals surface area contributed by atoms with Crippen molar-refractivity contribution in [1.82, 2.24) is 24.8 Å². The van der Waals surface area contributed by atoms with Gasteiger partial charge in [0.1, 0.15) is 0 Å². The summed E-state index contributed by atoms with van der Waals surface area (Å²) in [6.45, 7) is 6.58. The number of carbonyl (C=O) groups is 1. The van der Waals surface area contributed by atoms with Gasteiger partial charge in [0, 0.05) is 32.6 Å². The molecule has 1 aromatic heterocycles. The van der Waals surface area contributed by atoms with Crippen molar-refractivity contribution in [1.29, 1.82) is 0 Å². The van der Waals surface area contributed by atoms with E-state index >= 15 is 0 Å². The Bertz CT molecular complexity index is 572. The summed E-state index contributed by atoms with van der Waals surface area (Å²) < 4.78 is 13.2. The van der Waals surface area contributed by atoms with Crippen LogP contribution in [0.5, 0.6) is 0 Å². The minimum absolute atomic E-state index is 0.105. The third-order valence-electron chi connectivity index (χ3n) is 5.25. The van der Waals surface area contributed by atoms with Crippen LogP contribution in [0, 0.1) is 0 Å². The van der Waals surface area contributed by atoms with Gasteiger partial charge in [0.05, 0.1) is 43.9 Å². The first kappa shape index (κ1) is 16.0. The molecule has 0 aromatic carbocycles. The third-order valence-corrected chi connectivity index (χ3v) is 5.25. The molecular formula is C16H25N5O3. The molecule has 1 aromatic rings. The zero-order valence-electron chi connectivity index (χ0n) is 14.0. The summed E-state index contributed by atoms with van der Waals surface area (Å²) in [6.07, 6.45) is 4.30. The summed E-state index contributed by atoms with van der Waals surface area (Å²) >= 11 is 0. The lowest BCUT2D eigenvalue weighted by Crippen LogP contribution is -2.50. The molecule has 0 spiro atoms. The summed E-state index contributed by atoms with van der Waals surface area (Å²) in [6, 6.07) is 0.105. The Morgan fingerprint density at radius 1 is 1.29 bits per heavy atom. The fourth-order valence-electron chi connectivity index (χ4n) is 3.84. The van der Waals surface area contributed by atoms with Crippen molar-refractivity contribution in [3.05, 3.63) is 11.9 Å². The number of ether oxygens (including phenoxy) is 2. The third kappa shape index (κ3) is 3.31. The first-order valence-electron chi connectivity index (χ1n) is 8.90. The molecule has 0 N–H and O–H groups in total. The summed E-state index contributed by atoms with van der Waals surface area (Å²) in [5.74, 6) is 0.244. The number of nitrogens with zero attached hydrogens (tertiary/aromatic N) is 5. The number of fused-ring (bicyclic) bond motifs is 3. The van der Waals surface area contributed by atoms with Crippen molar-refractivity contribution in [3.8, 4) is 0 Å². The zero-order valence-corrected chi connectivity index (χ0v) is 14.0. The molecule has 24 heavy (non-hydrogen) atoms. The van der Waals surface area contributed by atoms with E-state index in [1.165, 1.54) is 0 Å². The Morgan fingerprint density at radius 3 is 3.04 bits per heavy atom. The van der Waals surface area contributed by atoms with Gasteiger partial charge in [-0.2, -0.15) is 0 Å². The molecule has 0 saturated carbocycles. The van der Waals surface area contributed by atoms with Gasteiger partial charge in [-0.1, -0.05) is 5.21 Å². The van der Waals surface area contributed by atoms with E-state index in [9.17, 15) is 4.79 Å². The smallest absolute Gasteiger partial charge is 0.222 e. The first-order chi connectivity index (χ1) is 11.8. The largest absolute Gasteiger partial charge is 0.379 e. The van der Waals surface area contributed by atoms with Crippen LogP contribution in [0.3, 0.4) is 0 Å². The van der Waals surface area contributed by atoms with Crippen LogP contribution in [-0.4, -0.2) is 82.7 Å². The fraction of sp³-hybridized carbons (Fsp3) is 0.812. The van der Waals surface area contributed by atoms with E-state index in [0.29, 0.717) is 19.6 Å². The van der Waals surface area contributed by atoms with Gasteiger partial charge in [-0.25, -0.2) is 4.68 Å². The molecule has 0 aliphatic carbocycles. The standard InChI is InChI=1S/C16H25N5O3/c22-16(2-1-4-19-6-8-23-9-7-19)20-5-3-15-14(11-20)21-13(12-24-15)10-17-18-21/h10,14-15H,1-9,11-12H2/t14-,15-/m0/s1. The van der Waals surface area contributed by atoms with Crippen molar-refractivity contribution in [2.24, 2.45) is 0 Å². The number of amides is 1. The molecule has 2 saturated heterocycles. The molecule has 8 nitrogen and oxygen atoms in total. The van der Waals surface area contributed by atoms with E-state index in [2.05, 4.69) is 15.2 Å². The first-order valence-corrected chi connectivity index (χ1v) is 8.90. The van der Waals surface area contributed by atoms with Crippen molar-refractivity contribution < 1.29 is 14.3 Å². The summed E-state index contributed by atoms with van der Waals surface area (Å²) in [5.41, 5.74) is 0.998. The Hall–Kier alpha value is -1.51. The number of morpholine rings is 1. The fourth-order valence-corrected chi connectivity index (χ4v) is 3.84. The molecule has 2 fully saturated rings. The second-order valence-corrected chi connectivity index (χ2v) is 6.77. The number of rotatable bonds is 4. The lowest BCUT2D eigenvalue weighted by molar-refractivity contribution is -0.138. The van der Waals surface area contributed by atoms with E-state index in [1.807, 2.05) is 9.58 Å². The highest BCUT2D eigenvalue weighted by atomic mass is 16.5. The summed E-state index contributed by atoms with van der Waals surface area (Å²) in [5, 5.41) is 8.17. The molecule has 0 radical (unpaired) electrons. The number of hydrogen-bond donors (Lipinski definition) is 0. The van der Waals surface area contributed by atoms with Gasteiger partial charge in [0.25, 0.3) is 0 Å². The van der Waals surface area contributed by atoms with Gasteiger partial charge >= 0.3 is 0 Å². The molecule has 0 bridgehead atoms. The quantitative estimate of drug-likeness (QED) is 0.775. The second kappa shape index (κ2) is 7.16. The van der Waals surface area contributed by atoms with Crippen LogP contribution in [0.25, 0.3) is 0 Å². The summed E-state index contributed by atoms with van der Waals surface area (Å²) in [7, 11) is 0. The highest BCUT2D eigenvalue weighted by Crippen LogP contribution is 2.30. The van der Waals surface area contributed by atoms with Crippen molar-refractivity contribution >= 4 is 5.91 Å². The number of carbonyl (C=O) groups excluding carboxylic acids is 1. The van der Waals surface area contributed by atoms with Crippen LogP contribution in [0.1, 0.15) is 31.0 Å². The number of piperidine rings is 1. The molecule has 4 rings (SSSR count). The van der Waals surface area contributed by atoms with E-state index < -0.39 is 0 Å². The van der Waals surface area contributed by atoms with Crippen molar-refractivity contribution in [2.75, 3.05) is 45.9 Å². The average Bonchev–Trinajstić information content (AvgIpc) is 3.11. The minimum Gasteiger partial charge on any atom is -0.379 e. The van der Waals surface area contributed by atoms with E-state index in [1.54, 1.807) is 6.20 Å². The molecule has 0 unspecified atom stereocenters. The Balaban J connectivity index is 1.28. The molecule has 4 heterocycles. The highest BCUT2D eigenvalue weighted by Gasteiger charge is 2.37. The maximum absolute atomic E-state index is 12.6. The number of aromatic nitrogens is 3. The molecule has 2 atom stereocenters. The SMILES string of the molecule is O=C(CCCN1CCOCC1)N1CC[C@@H]2OCc3cnnn3[C@H]2C1. The Morgan fingerprint density at radius 2 is 2.17 bits per heavy atom. The van der Waals surface area contributed by atoms with Gasteiger partial charge in [-0.05, 0) is 19.4 Å². The molecule has 132 valence electrons. The van der Waals surface area contributed by atoms with Gasteiger partial charge in [0.2, 0.25) is 5.91 Å². The predicted molar refractivity (Wildman–Crippen MR) is 85.3 cm³/mol. The van der Waals surface area contributed by atoms with E-state index in [0.717, 1.165) is 57.9 Å².